The molecule has 2 N–H and O–H groups in total. The molecule has 0 atom stereocenters. The summed E-state index contributed by atoms with van der Waals surface area (Å²) in [6.07, 6.45) is 2.09. The number of guanidine groups is 1. The van der Waals surface area contributed by atoms with E-state index < -0.39 is 0 Å². The largest absolute Gasteiger partial charge is 0.382 e. The van der Waals surface area contributed by atoms with Crippen LogP contribution in [0.5, 0.6) is 0 Å². The van der Waals surface area contributed by atoms with E-state index in [-0.39, 0.29) is 0 Å². The summed E-state index contributed by atoms with van der Waals surface area (Å²) in [6.45, 7) is 8.90. The van der Waals surface area contributed by atoms with Gasteiger partial charge < -0.3 is 20.1 Å². The molecule has 0 spiro atoms. The second kappa shape index (κ2) is 13.3. The van der Waals surface area contributed by atoms with Crippen molar-refractivity contribution in [1.29, 1.82) is 0 Å². The second-order valence-electron chi connectivity index (χ2n) is 3.60. The Kier molecular flexibility index (Phi) is 12.6. The molecule has 0 aromatic rings. The van der Waals surface area contributed by atoms with E-state index in [1.165, 1.54) is 0 Å². The van der Waals surface area contributed by atoms with E-state index in [2.05, 4.69) is 29.5 Å². The molecule has 0 bridgehead atoms. The normalized spacial score (nSPS) is 10.1. The minimum atomic E-state index is 0.670. The lowest BCUT2D eigenvalue weighted by atomic mass is 10.3. The third-order valence-corrected chi connectivity index (χ3v) is 2.09. The van der Waals surface area contributed by atoms with Crippen LogP contribution in [0, 0.1) is 0 Å². The molecule has 0 fully saturated rings. The average molecular weight is 245 g/mol. The van der Waals surface area contributed by atoms with Crippen LogP contribution in [-0.2, 0) is 9.47 Å². The Morgan fingerprint density at radius 2 is 1.71 bits per heavy atom. The first kappa shape index (κ1) is 16.2. The van der Waals surface area contributed by atoms with Gasteiger partial charge in [-0.3, -0.25) is 4.99 Å². The zero-order valence-corrected chi connectivity index (χ0v) is 11.4. The molecule has 0 aliphatic rings. The van der Waals surface area contributed by atoms with Crippen LogP contribution < -0.4 is 10.6 Å². The Labute approximate surface area is 105 Å². The van der Waals surface area contributed by atoms with E-state index in [4.69, 9.17) is 9.47 Å². The van der Waals surface area contributed by atoms with Crippen molar-refractivity contribution in [2.24, 2.45) is 4.99 Å². The zero-order valence-electron chi connectivity index (χ0n) is 11.4. The standard InChI is InChI=1S/C12H27N3O2/c1-4-13-12(14-5-2)15-8-6-7-9-17-11-10-16-3/h4-11H2,1-3H3,(H2,13,14,15). The number of nitrogens with zero attached hydrogens (tertiary/aromatic N) is 1. The number of aliphatic imine (C=N–C) groups is 1. The van der Waals surface area contributed by atoms with Gasteiger partial charge in [0.05, 0.1) is 13.2 Å². The van der Waals surface area contributed by atoms with E-state index in [0.29, 0.717) is 13.2 Å². The molecule has 5 nitrogen and oxygen atoms in total. The number of methoxy groups -OCH3 is 1. The molecule has 0 heterocycles. The summed E-state index contributed by atoms with van der Waals surface area (Å²) in [6, 6.07) is 0. The third kappa shape index (κ3) is 11.5. The van der Waals surface area contributed by atoms with Crippen molar-refractivity contribution >= 4 is 5.96 Å². The van der Waals surface area contributed by atoms with E-state index in [9.17, 15) is 0 Å². The molecule has 0 aliphatic carbocycles. The van der Waals surface area contributed by atoms with Crippen molar-refractivity contribution in [3.8, 4) is 0 Å². The number of unbranched alkanes of at least 4 members (excludes halogenated alkanes) is 1. The second-order valence-corrected chi connectivity index (χ2v) is 3.60. The Morgan fingerprint density at radius 1 is 1.00 bits per heavy atom. The summed E-state index contributed by atoms with van der Waals surface area (Å²) < 4.78 is 10.3. The number of hydrogen-bond acceptors (Lipinski definition) is 3. The van der Waals surface area contributed by atoms with E-state index in [1.54, 1.807) is 7.11 Å². The van der Waals surface area contributed by atoms with Crippen molar-refractivity contribution in [2.45, 2.75) is 26.7 Å². The minimum Gasteiger partial charge on any atom is -0.382 e. The number of hydrogen-bond donors (Lipinski definition) is 2. The minimum absolute atomic E-state index is 0.670. The average Bonchev–Trinajstić information content (AvgIpc) is 2.33. The Morgan fingerprint density at radius 3 is 2.29 bits per heavy atom. The highest BCUT2D eigenvalue weighted by atomic mass is 16.5. The summed E-state index contributed by atoms with van der Waals surface area (Å²) in [5.41, 5.74) is 0. The summed E-state index contributed by atoms with van der Waals surface area (Å²) in [5.74, 6) is 0.898. The molecule has 0 aromatic carbocycles. The predicted molar refractivity (Wildman–Crippen MR) is 71.6 cm³/mol. The highest BCUT2D eigenvalue weighted by Gasteiger charge is 1.94. The van der Waals surface area contributed by atoms with Gasteiger partial charge in [0, 0.05) is 33.4 Å². The Hall–Kier alpha value is -0.810. The molecule has 102 valence electrons. The molecule has 0 aliphatic heterocycles. The number of rotatable bonds is 10. The van der Waals surface area contributed by atoms with Gasteiger partial charge in [0.25, 0.3) is 0 Å². The fourth-order valence-electron chi connectivity index (χ4n) is 1.26. The van der Waals surface area contributed by atoms with Gasteiger partial charge in [0.1, 0.15) is 0 Å². The molecule has 0 rings (SSSR count). The molecule has 17 heavy (non-hydrogen) atoms. The van der Waals surface area contributed by atoms with Gasteiger partial charge >= 0.3 is 0 Å². The van der Waals surface area contributed by atoms with Crippen LogP contribution in [0.15, 0.2) is 4.99 Å². The Balaban J connectivity index is 3.41. The fourth-order valence-corrected chi connectivity index (χ4v) is 1.26. The maximum Gasteiger partial charge on any atom is 0.191 e. The molecular weight excluding hydrogens is 218 g/mol. The van der Waals surface area contributed by atoms with Crippen molar-refractivity contribution < 1.29 is 9.47 Å². The predicted octanol–water partition coefficient (Wildman–Crippen LogP) is 1.00. The van der Waals surface area contributed by atoms with Gasteiger partial charge in [-0.05, 0) is 26.7 Å². The molecule has 0 aromatic heterocycles. The van der Waals surface area contributed by atoms with Crippen LogP contribution in [0.2, 0.25) is 0 Å². The highest BCUT2D eigenvalue weighted by Crippen LogP contribution is 1.91. The fraction of sp³-hybridized carbons (Fsp3) is 0.917. The maximum absolute atomic E-state index is 5.37. The summed E-state index contributed by atoms with van der Waals surface area (Å²) in [7, 11) is 1.68. The van der Waals surface area contributed by atoms with Gasteiger partial charge in [0.2, 0.25) is 0 Å². The lowest BCUT2D eigenvalue weighted by molar-refractivity contribution is 0.0690. The Bertz CT molecular complexity index is 179. The zero-order chi connectivity index (χ0) is 12.8. The van der Waals surface area contributed by atoms with Crippen LogP contribution in [0.4, 0.5) is 0 Å². The van der Waals surface area contributed by atoms with Crippen molar-refractivity contribution in [3.63, 3.8) is 0 Å². The molecule has 0 radical (unpaired) electrons. The van der Waals surface area contributed by atoms with Crippen molar-refractivity contribution in [3.05, 3.63) is 0 Å². The molecular formula is C12H27N3O2. The lowest BCUT2D eigenvalue weighted by Crippen LogP contribution is -2.37. The monoisotopic (exact) mass is 245 g/mol. The number of nitrogens with one attached hydrogen (secondary N) is 2. The maximum atomic E-state index is 5.37. The van der Waals surface area contributed by atoms with Crippen LogP contribution in [0.3, 0.4) is 0 Å². The van der Waals surface area contributed by atoms with Crippen molar-refractivity contribution in [2.75, 3.05) is 46.6 Å². The summed E-state index contributed by atoms with van der Waals surface area (Å²) >= 11 is 0. The highest BCUT2D eigenvalue weighted by molar-refractivity contribution is 5.79. The van der Waals surface area contributed by atoms with Crippen LogP contribution >= 0.6 is 0 Å². The molecule has 0 saturated heterocycles. The quantitative estimate of drug-likeness (QED) is 0.342. The molecule has 5 heteroatoms. The van der Waals surface area contributed by atoms with Gasteiger partial charge in [-0.2, -0.15) is 0 Å². The van der Waals surface area contributed by atoms with Gasteiger partial charge in [0.15, 0.2) is 5.96 Å². The van der Waals surface area contributed by atoms with E-state index in [0.717, 1.165) is 45.0 Å². The molecule has 0 amide bonds. The number of ether oxygens (including phenoxy) is 2. The van der Waals surface area contributed by atoms with E-state index >= 15 is 0 Å². The first-order valence-electron chi connectivity index (χ1n) is 6.44. The molecule has 0 saturated carbocycles. The van der Waals surface area contributed by atoms with E-state index in [1.807, 2.05) is 0 Å². The topological polar surface area (TPSA) is 54.9 Å². The van der Waals surface area contributed by atoms with Gasteiger partial charge in [-0.25, -0.2) is 0 Å². The summed E-state index contributed by atoms with van der Waals surface area (Å²) in [5, 5.41) is 6.39. The van der Waals surface area contributed by atoms with Gasteiger partial charge in [-0.1, -0.05) is 0 Å². The third-order valence-electron chi connectivity index (χ3n) is 2.09. The SMILES string of the molecule is CCNC(=NCCCCOCCOC)NCC. The van der Waals surface area contributed by atoms with Crippen LogP contribution in [0.1, 0.15) is 26.7 Å². The smallest absolute Gasteiger partial charge is 0.191 e. The van der Waals surface area contributed by atoms with Crippen molar-refractivity contribution in [1.82, 2.24) is 10.6 Å². The molecule has 0 unspecified atom stereocenters. The lowest BCUT2D eigenvalue weighted by Gasteiger charge is -2.08. The van der Waals surface area contributed by atoms with Gasteiger partial charge in [-0.15, -0.1) is 0 Å². The van der Waals surface area contributed by atoms with Crippen LogP contribution in [-0.4, -0.2) is 52.5 Å². The first-order valence-corrected chi connectivity index (χ1v) is 6.44. The van der Waals surface area contributed by atoms with Crippen LogP contribution in [0.25, 0.3) is 0 Å². The first-order chi connectivity index (χ1) is 8.35. The summed E-state index contributed by atoms with van der Waals surface area (Å²) in [4.78, 5) is 4.45.